The summed E-state index contributed by atoms with van der Waals surface area (Å²) in [5, 5.41) is 11.0. The Labute approximate surface area is 215 Å². The molecule has 4 heterocycles. The molecule has 37 heavy (non-hydrogen) atoms. The highest BCUT2D eigenvalue weighted by molar-refractivity contribution is 5.82. The van der Waals surface area contributed by atoms with E-state index >= 15 is 4.39 Å². The number of aromatic nitrogens is 5. The molecule has 9 nitrogen and oxygen atoms in total. The van der Waals surface area contributed by atoms with Crippen LogP contribution >= 0.6 is 0 Å². The monoisotopic (exact) mass is 504 g/mol. The minimum Gasteiger partial charge on any atom is -0.421 e. The fourth-order valence-corrected chi connectivity index (χ4v) is 4.93. The summed E-state index contributed by atoms with van der Waals surface area (Å²) in [4.78, 5) is 17.1. The Morgan fingerprint density at radius 1 is 1.19 bits per heavy atom. The van der Waals surface area contributed by atoms with Crippen LogP contribution < -0.4 is 15.0 Å². The zero-order valence-corrected chi connectivity index (χ0v) is 21.7. The second-order valence-corrected chi connectivity index (χ2v) is 9.23. The van der Waals surface area contributed by atoms with Gasteiger partial charge in [0.25, 0.3) is 0 Å². The number of rotatable bonds is 9. The van der Waals surface area contributed by atoms with Crippen LogP contribution in [0.2, 0.25) is 0 Å². The fourth-order valence-electron chi connectivity index (χ4n) is 4.93. The average Bonchev–Trinajstić information content (AvgIpc) is 3.62. The molecule has 3 N–H and O–H groups in total. The Morgan fingerprint density at radius 2 is 2.03 bits per heavy atom. The molecule has 4 aromatic rings. The number of benzene rings is 1. The maximum absolute atomic E-state index is 15.3. The molecule has 194 valence electrons. The number of hydrogen-bond donors (Lipinski definition) is 3. The lowest BCUT2D eigenvalue weighted by Gasteiger charge is -2.26. The Kier molecular flexibility index (Phi) is 7.09. The molecule has 1 fully saturated rings. The Hall–Kier alpha value is -3.92. The number of nitrogens with zero attached hydrogens (tertiary/aromatic N) is 5. The van der Waals surface area contributed by atoms with Crippen molar-refractivity contribution in [1.29, 1.82) is 0 Å². The van der Waals surface area contributed by atoms with Gasteiger partial charge in [0.15, 0.2) is 17.4 Å². The summed E-state index contributed by atoms with van der Waals surface area (Å²) in [6.45, 7) is 12.0. The zero-order valence-electron chi connectivity index (χ0n) is 21.7. The quantitative estimate of drug-likeness (QED) is 0.272. The molecule has 1 unspecified atom stereocenters. The molecule has 5 rings (SSSR count). The molecule has 0 radical (unpaired) electrons. The van der Waals surface area contributed by atoms with E-state index in [1.54, 1.807) is 18.2 Å². The van der Waals surface area contributed by atoms with E-state index in [1.807, 2.05) is 38.1 Å². The SMILES string of the molecule is C/C=C\c1cc(Nc2cc(N3CCC(N(CC)CC)C3)nc(Oc3ccc4[nH]c(C)cc4c3F)n2)n[nH]1. The number of fused-ring (bicyclic) bond motifs is 1. The van der Waals surface area contributed by atoms with Gasteiger partial charge in [0.2, 0.25) is 0 Å². The Bertz CT molecular complexity index is 1410. The van der Waals surface area contributed by atoms with Gasteiger partial charge in [-0.15, -0.1) is 0 Å². The molecule has 0 aliphatic carbocycles. The Balaban J connectivity index is 1.46. The van der Waals surface area contributed by atoms with E-state index < -0.39 is 5.82 Å². The predicted molar refractivity (Wildman–Crippen MR) is 145 cm³/mol. The van der Waals surface area contributed by atoms with Gasteiger partial charge in [-0.05, 0) is 57.6 Å². The second-order valence-electron chi connectivity index (χ2n) is 9.23. The summed E-state index contributed by atoms with van der Waals surface area (Å²) in [5.74, 6) is 1.49. The van der Waals surface area contributed by atoms with Crippen molar-refractivity contribution in [2.24, 2.45) is 0 Å². The lowest BCUT2D eigenvalue weighted by molar-refractivity contribution is 0.232. The number of aromatic amines is 2. The standard InChI is InChI=1S/C27H33FN8O/c1-5-8-18-14-24(34-33-18)30-23-15-25(36-12-11-19(16-36)35(6-2)7-3)32-27(31-23)37-22-10-9-21-20(26(22)28)13-17(4)29-21/h5,8-10,13-15,19,29H,6-7,11-12,16H2,1-4H3,(H2,30,31,32,33,34)/b8-5-. The van der Waals surface area contributed by atoms with Crippen molar-refractivity contribution in [3.8, 4) is 11.8 Å². The smallest absolute Gasteiger partial charge is 0.326 e. The molecule has 10 heteroatoms. The molecule has 1 aliphatic rings. The normalized spacial score (nSPS) is 15.9. The van der Waals surface area contributed by atoms with Gasteiger partial charge in [-0.3, -0.25) is 10.00 Å². The van der Waals surface area contributed by atoms with Gasteiger partial charge < -0.3 is 19.9 Å². The first-order valence-corrected chi connectivity index (χ1v) is 12.8. The topological polar surface area (TPSA) is 98.0 Å². The number of halogens is 1. The number of hydrogen-bond acceptors (Lipinski definition) is 7. The largest absolute Gasteiger partial charge is 0.421 e. The molecular weight excluding hydrogens is 471 g/mol. The highest BCUT2D eigenvalue weighted by Gasteiger charge is 2.28. The van der Waals surface area contributed by atoms with Crippen LogP contribution in [-0.2, 0) is 0 Å². The van der Waals surface area contributed by atoms with E-state index in [-0.39, 0.29) is 11.8 Å². The first-order chi connectivity index (χ1) is 18.0. The predicted octanol–water partition coefficient (Wildman–Crippen LogP) is 5.62. The van der Waals surface area contributed by atoms with Crippen LogP contribution in [0.1, 0.15) is 38.6 Å². The van der Waals surface area contributed by atoms with E-state index in [0.29, 0.717) is 28.6 Å². The van der Waals surface area contributed by atoms with Gasteiger partial charge in [0.05, 0.1) is 5.69 Å². The van der Waals surface area contributed by atoms with Crippen LogP contribution in [0.5, 0.6) is 11.8 Å². The number of likely N-dealkylation sites (N-methyl/N-ethyl adjacent to an activating group) is 1. The van der Waals surface area contributed by atoms with Crippen LogP contribution in [0, 0.1) is 12.7 Å². The molecule has 1 saturated heterocycles. The van der Waals surface area contributed by atoms with Crippen molar-refractivity contribution >= 4 is 34.4 Å². The van der Waals surface area contributed by atoms with Crippen molar-refractivity contribution in [3.63, 3.8) is 0 Å². The van der Waals surface area contributed by atoms with Crippen LogP contribution in [0.25, 0.3) is 17.0 Å². The summed E-state index contributed by atoms with van der Waals surface area (Å²) in [6, 6.07) is 9.45. The van der Waals surface area contributed by atoms with E-state index in [0.717, 1.165) is 49.8 Å². The molecular formula is C27H33FN8O. The van der Waals surface area contributed by atoms with E-state index in [2.05, 4.69) is 54.1 Å². The second kappa shape index (κ2) is 10.6. The maximum atomic E-state index is 15.3. The van der Waals surface area contributed by atoms with Crippen LogP contribution in [0.15, 0.2) is 36.4 Å². The third-order valence-corrected chi connectivity index (χ3v) is 6.75. The molecule has 3 aromatic heterocycles. The Morgan fingerprint density at radius 3 is 2.81 bits per heavy atom. The number of anilines is 3. The number of ether oxygens (including phenoxy) is 1. The lowest BCUT2D eigenvalue weighted by Crippen LogP contribution is -2.37. The van der Waals surface area contributed by atoms with Crippen molar-refractivity contribution < 1.29 is 9.13 Å². The molecule has 1 aliphatic heterocycles. The molecule has 1 atom stereocenters. The number of allylic oxidation sites excluding steroid dienone is 1. The van der Waals surface area contributed by atoms with E-state index in [9.17, 15) is 0 Å². The van der Waals surface area contributed by atoms with Crippen LogP contribution in [0.3, 0.4) is 0 Å². The first-order valence-electron chi connectivity index (χ1n) is 12.8. The number of aryl methyl sites for hydroxylation is 1. The summed E-state index contributed by atoms with van der Waals surface area (Å²) >= 11 is 0. The third kappa shape index (κ3) is 5.29. The third-order valence-electron chi connectivity index (χ3n) is 6.75. The molecule has 0 amide bonds. The van der Waals surface area contributed by atoms with Gasteiger partial charge in [0.1, 0.15) is 11.6 Å². The summed E-state index contributed by atoms with van der Waals surface area (Å²) in [6.07, 6.45) is 4.91. The van der Waals surface area contributed by atoms with Crippen molar-refractivity contribution in [2.75, 3.05) is 36.4 Å². The summed E-state index contributed by atoms with van der Waals surface area (Å²) in [7, 11) is 0. The van der Waals surface area contributed by atoms with Crippen molar-refractivity contribution in [2.45, 2.75) is 40.2 Å². The van der Waals surface area contributed by atoms with E-state index in [4.69, 9.17) is 4.74 Å². The number of H-pyrrole nitrogens is 2. The average molecular weight is 505 g/mol. The van der Waals surface area contributed by atoms with Gasteiger partial charge in [0, 0.05) is 47.9 Å². The van der Waals surface area contributed by atoms with E-state index in [1.165, 1.54) is 0 Å². The maximum Gasteiger partial charge on any atom is 0.326 e. The van der Waals surface area contributed by atoms with Crippen molar-refractivity contribution in [1.82, 2.24) is 30.0 Å². The highest BCUT2D eigenvalue weighted by Crippen LogP contribution is 2.32. The lowest BCUT2D eigenvalue weighted by atomic mass is 10.2. The summed E-state index contributed by atoms with van der Waals surface area (Å²) < 4.78 is 21.2. The minimum absolute atomic E-state index is 0.0704. The zero-order chi connectivity index (χ0) is 25.9. The van der Waals surface area contributed by atoms with Gasteiger partial charge in [-0.2, -0.15) is 15.1 Å². The van der Waals surface area contributed by atoms with Crippen LogP contribution in [0.4, 0.5) is 21.8 Å². The van der Waals surface area contributed by atoms with Gasteiger partial charge >= 0.3 is 6.01 Å². The molecule has 0 spiro atoms. The van der Waals surface area contributed by atoms with Crippen molar-refractivity contribution in [3.05, 3.63) is 53.6 Å². The fraction of sp³-hybridized carbons (Fsp3) is 0.370. The summed E-state index contributed by atoms with van der Waals surface area (Å²) in [5.41, 5.74) is 2.47. The van der Waals surface area contributed by atoms with Crippen LogP contribution in [-0.4, -0.2) is 62.3 Å². The minimum atomic E-state index is -0.448. The molecule has 0 bridgehead atoms. The molecule has 0 saturated carbocycles. The van der Waals surface area contributed by atoms with Gasteiger partial charge in [-0.25, -0.2) is 4.39 Å². The molecule has 1 aromatic carbocycles. The number of nitrogens with one attached hydrogen (secondary N) is 3. The first kappa shape index (κ1) is 24.8. The highest BCUT2D eigenvalue weighted by atomic mass is 19.1. The van der Waals surface area contributed by atoms with Gasteiger partial charge in [-0.1, -0.05) is 19.9 Å².